The van der Waals surface area contributed by atoms with Crippen molar-refractivity contribution in [2.24, 2.45) is 5.92 Å². The molecule has 92 valence electrons. The molecule has 0 saturated heterocycles. The van der Waals surface area contributed by atoms with Gasteiger partial charge in [-0.05, 0) is 24.1 Å². The summed E-state index contributed by atoms with van der Waals surface area (Å²) in [7, 11) is 1.74. The van der Waals surface area contributed by atoms with Crippen molar-refractivity contribution in [3.63, 3.8) is 0 Å². The molecule has 0 fully saturated rings. The molecule has 0 aromatic carbocycles. The summed E-state index contributed by atoms with van der Waals surface area (Å²) >= 11 is 0. The molecule has 16 heavy (non-hydrogen) atoms. The second-order valence-corrected chi connectivity index (χ2v) is 4.45. The molecule has 1 aromatic rings. The van der Waals surface area contributed by atoms with Crippen LogP contribution < -0.4 is 5.32 Å². The zero-order chi connectivity index (χ0) is 12.0. The number of nitrogens with one attached hydrogen (secondary N) is 1. The molecule has 0 aliphatic carbocycles. The minimum Gasteiger partial charge on any atom is -0.383 e. The molecule has 1 rings (SSSR count). The van der Waals surface area contributed by atoms with E-state index in [0.29, 0.717) is 12.0 Å². The van der Waals surface area contributed by atoms with Crippen molar-refractivity contribution in [1.82, 2.24) is 9.88 Å². The van der Waals surface area contributed by atoms with Crippen LogP contribution in [0, 0.1) is 5.92 Å². The third kappa shape index (κ3) is 3.65. The zero-order valence-corrected chi connectivity index (χ0v) is 10.9. The minimum absolute atomic E-state index is 0.453. The molecule has 0 spiro atoms. The number of methoxy groups -OCH3 is 1. The van der Waals surface area contributed by atoms with Crippen molar-refractivity contribution >= 4 is 0 Å². The lowest BCUT2D eigenvalue weighted by atomic mass is 9.98. The SMILES string of the molecule is CCNC(c1ccn(CCOC)c1)C(C)C. The second kappa shape index (κ2) is 6.71. The Bertz CT molecular complexity index is 294. The van der Waals surface area contributed by atoms with Gasteiger partial charge in [-0.2, -0.15) is 0 Å². The van der Waals surface area contributed by atoms with Crippen LogP contribution in [0.2, 0.25) is 0 Å². The maximum Gasteiger partial charge on any atom is 0.0641 e. The Morgan fingerprint density at radius 1 is 1.44 bits per heavy atom. The number of hydrogen-bond donors (Lipinski definition) is 1. The molecule has 1 heterocycles. The lowest BCUT2D eigenvalue weighted by molar-refractivity contribution is 0.187. The van der Waals surface area contributed by atoms with Crippen molar-refractivity contribution in [2.45, 2.75) is 33.4 Å². The summed E-state index contributed by atoms with van der Waals surface area (Å²) in [6.45, 7) is 9.35. The smallest absolute Gasteiger partial charge is 0.0641 e. The molecular formula is C13H24N2O. The fourth-order valence-electron chi connectivity index (χ4n) is 1.94. The van der Waals surface area contributed by atoms with Crippen LogP contribution >= 0.6 is 0 Å². The van der Waals surface area contributed by atoms with E-state index in [1.165, 1.54) is 5.56 Å². The van der Waals surface area contributed by atoms with Crippen LogP contribution in [-0.4, -0.2) is 24.8 Å². The predicted octanol–water partition coefficient (Wildman–Crippen LogP) is 2.44. The van der Waals surface area contributed by atoms with Gasteiger partial charge in [0.05, 0.1) is 6.61 Å². The fraction of sp³-hybridized carbons (Fsp3) is 0.692. The summed E-state index contributed by atoms with van der Waals surface area (Å²) in [5, 5.41) is 3.52. The number of nitrogens with zero attached hydrogens (tertiary/aromatic N) is 1. The van der Waals surface area contributed by atoms with E-state index < -0.39 is 0 Å². The topological polar surface area (TPSA) is 26.2 Å². The minimum atomic E-state index is 0.453. The van der Waals surface area contributed by atoms with Gasteiger partial charge < -0.3 is 14.6 Å². The molecule has 0 bridgehead atoms. The van der Waals surface area contributed by atoms with Gasteiger partial charge in [0, 0.05) is 32.1 Å². The van der Waals surface area contributed by atoms with Crippen LogP contribution in [0.5, 0.6) is 0 Å². The van der Waals surface area contributed by atoms with E-state index in [-0.39, 0.29) is 0 Å². The summed E-state index contributed by atoms with van der Waals surface area (Å²) in [6, 6.07) is 2.65. The number of hydrogen-bond acceptors (Lipinski definition) is 2. The van der Waals surface area contributed by atoms with Gasteiger partial charge >= 0.3 is 0 Å². The molecule has 3 nitrogen and oxygen atoms in total. The van der Waals surface area contributed by atoms with Gasteiger partial charge in [-0.15, -0.1) is 0 Å². The van der Waals surface area contributed by atoms with Gasteiger partial charge in [0.25, 0.3) is 0 Å². The van der Waals surface area contributed by atoms with Crippen LogP contribution in [-0.2, 0) is 11.3 Å². The van der Waals surface area contributed by atoms with Gasteiger partial charge in [-0.1, -0.05) is 20.8 Å². The Kier molecular flexibility index (Phi) is 5.56. The highest BCUT2D eigenvalue weighted by molar-refractivity contribution is 5.16. The normalized spacial score (nSPS) is 13.3. The van der Waals surface area contributed by atoms with E-state index in [1.54, 1.807) is 7.11 Å². The van der Waals surface area contributed by atoms with E-state index in [9.17, 15) is 0 Å². The molecule has 0 saturated carbocycles. The van der Waals surface area contributed by atoms with Gasteiger partial charge in [-0.25, -0.2) is 0 Å². The first-order valence-electron chi connectivity index (χ1n) is 6.07. The Balaban J connectivity index is 2.65. The predicted molar refractivity (Wildman–Crippen MR) is 67.6 cm³/mol. The number of ether oxygens (including phenoxy) is 1. The Morgan fingerprint density at radius 2 is 2.19 bits per heavy atom. The third-order valence-corrected chi connectivity index (χ3v) is 2.78. The Morgan fingerprint density at radius 3 is 2.75 bits per heavy atom. The first-order valence-corrected chi connectivity index (χ1v) is 6.07. The summed E-state index contributed by atoms with van der Waals surface area (Å²) in [5.41, 5.74) is 1.37. The molecule has 0 aliphatic rings. The lowest BCUT2D eigenvalue weighted by Gasteiger charge is -2.20. The third-order valence-electron chi connectivity index (χ3n) is 2.78. The number of rotatable bonds is 7. The highest BCUT2D eigenvalue weighted by Crippen LogP contribution is 2.21. The fourth-order valence-corrected chi connectivity index (χ4v) is 1.94. The van der Waals surface area contributed by atoms with Crippen molar-refractivity contribution in [3.05, 3.63) is 24.0 Å². The molecule has 1 aromatic heterocycles. The molecule has 0 radical (unpaired) electrons. The van der Waals surface area contributed by atoms with Gasteiger partial charge in [0.15, 0.2) is 0 Å². The molecule has 0 aliphatic heterocycles. The van der Waals surface area contributed by atoms with Crippen molar-refractivity contribution < 1.29 is 4.74 Å². The zero-order valence-electron chi connectivity index (χ0n) is 10.9. The van der Waals surface area contributed by atoms with Crippen LogP contribution in [0.25, 0.3) is 0 Å². The van der Waals surface area contributed by atoms with E-state index in [2.05, 4.69) is 49.1 Å². The van der Waals surface area contributed by atoms with Crippen LogP contribution in [0.1, 0.15) is 32.4 Å². The largest absolute Gasteiger partial charge is 0.383 e. The summed E-state index contributed by atoms with van der Waals surface area (Å²) in [4.78, 5) is 0. The highest BCUT2D eigenvalue weighted by atomic mass is 16.5. The van der Waals surface area contributed by atoms with E-state index in [4.69, 9.17) is 4.74 Å². The average Bonchev–Trinajstić information content (AvgIpc) is 2.70. The average molecular weight is 224 g/mol. The van der Waals surface area contributed by atoms with Crippen molar-refractivity contribution in [2.75, 3.05) is 20.3 Å². The monoisotopic (exact) mass is 224 g/mol. The number of aromatic nitrogens is 1. The molecule has 3 heteroatoms. The lowest BCUT2D eigenvalue weighted by Crippen LogP contribution is -2.25. The Labute approximate surface area is 98.8 Å². The first-order chi connectivity index (χ1) is 7.69. The standard InChI is InChI=1S/C13H24N2O/c1-5-14-13(11(2)3)12-6-7-15(10-12)8-9-16-4/h6-7,10-11,13-14H,5,8-9H2,1-4H3. The van der Waals surface area contributed by atoms with Crippen molar-refractivity contribution in [1.29, 1.82) is 0 Å². The molecule has 1 unspecified atom stereocenters. The maximum absolute atomic E-state index is 5.07. The van der Waals surface area contributed by atoms with E-state index >= 15 is 0 Å². The van der Waals surface area contributed by atoms with Gasteiger partial charge in [-0.3, -0.25) is 0 Å². The second-order valence-electron chi connectivity index (χ2n) is 4.45. The van der Waals surface area contributed by atoms with Crippen LogP contribution in [0.15, 0.2) is 18.5 Å². The first kappa shape index (κ1) is 13.3. The molecule has 1 atom stereocenters. The highest BCUT2D eigenvalue weighted by Gasteiger charge is 2.15. The summed E-state index contributed by atoms with van der Waals surface area (Å²) < 4.78 is 7.26. The quantitative estimate of drug-likeness (QED) is 0.770. The molecule has 0 amide bonds. The van der Waals surface area contributed by atoms with Crippen LogP contribution in [0.3, 0.4) is 0 Å². The molecule has 1 N–H and O–H groups in total. The Hall–Kier alpha value is -0.800. The van der Waals surface area contributed by atoms with Crippen molar-refractivity contribution in [3.8, 4) is 0 Å². The maximum atomic E-state index is 5.07. The van der Waals surface area contributed by atoms with E-state index in [0.717, 1.165) is 19.7 Å². The van der Waals surface area contributed by atoms with E-state index in [1.807, 2.05) is 0 Å². The van der Waals surface area contributed by atoms with Crippen LogP contribution in [0.4, 0.5) is 0 Å². The summed E-state index contributed by atoms with van der Waals surface area (Å²) in [6.07, 6.45) is 4.34. The summed E-state index contributed by atoms with van der Waals surface area (Å²) in [5.74, 6) is 0.609. The van der Waals surface area contributed by atoms with Gasteiger partial charge in [0.1, 0.15) is 0 Å². The van der Waals surface area contributed by atoms with Gasteiger partial charge in [0.2, 0.25) is 0 Å². The molecular weight excluding hydrogens is 200 g/mol.